The molecule has 364 valence electrons. The van der Waals surface area contributed by atoms with Gasteiger partial charge in [0.25, 0.3) is 0 Å². The molecule has 0 aliphatic carbocycles. The summed E-state index contributed by atoms with van der Waals surface area (Å²) in [6, 6.07) is 0. The quantitative estimate of drug-likeness (QED) is 0.0536. The summed E-state index contributed by atoms with van der Waals surface area (Å²) in [4.78, 5) is 0. The Morgan fingerprint density at radius 3 is 1.16 bits per heavy atom. The second-order valence-corrected chi connectivity index (χ2v) is 38.7. The number of aliphatic hydroxyl groups is 1. The second kappa shape index (κ2) is 27.3. The summed E-state index contributed by atoms with van der Waals surface area (Å²) in [6.07, 6.45) is 31.6. The fraction of sp³-hybridized carbons (Fsp3) is 1.00. The Morgan fingerprint density at radius 1 is 0.443 bits per heavy atom. The molecule has 2 aliphatic rings. The third-order valence-corrected chi connectivity index (χ3v) is 29.5. The Morgan fingerprint density at radius 2 is 0.770 bits per heavy atom. The molecule has 0 saturated carbocycles. The highest BCUT2D eigenvalue weighted by Crippen LogP contribution is 2.44. The summed E-state index contributed by atoms with van der Waals surface area (Å²) in [5.41, 5.74) is 0. The Hall–Kier alpha value is 0.411. The third-order valence-electron chi connectivity index (χ3n) is 16.0. The normalized spacial score (nSPS) is 22.6. The van der Waals surface area contributed by atoms with Crippen molar-refractivity contribution in [3.8, 4) is 0 Å². The molecule has 2 aliphatic heterocycles. The van der Waals surface area contributed by atoms with Crippen LogP contribution in [-0.4, -0.2) is 79.4 Å². The van der Waals surface area contributed by atoms with Crippen LogP contribution in [0.25, 0.3) is 0 Å². The lowest BCUT2D eigenvalue weighted by Gasteiger charge is -2.41. The van der Waals surface area contributed by atoms with Gasteiger partial charge in [0.15, 0.2) is 25.0 Å². The van der Waals surface area contributed by atoms with Crippen molar-refractivity contribution in [1.82, 2.24) is 0 Å². The van der Waals surface area contributed by atoms with Crippen LogP contribution in [0.2, 0.25) is 54.4 Å². The molecule has 0 amide bonds. The first-order chi connectivity index (χ1) is 28.3. The van der Waals surface area contributed by atoms with Gasteiger partial charge in [0, 0.05) is 12.7 Å². The molecule has 61 heavy (non-hydrogen) atoms. The molecular formula is C52H108O6Si3. The first kappa shape index (κ1) is 57.5. The first-order valence-electron chi connectivity index (χ1n) is 26.3. The monoisotopic (exact) mass is 913 g/mol. The molecule has 0 aromatic heterocycles. The number of aliphatic hydroxyl groups excluding tert-OH is 1. The van der Waals surface area contributed by atoms with Crippen LogP contribution in [0.4, 0.5) is 0 Å². The summed E-state index contributed by atoms with van der Waals surface area (Å²) in [5, 5.41) is 9.52. The molecule has 1 N–H and O–H groups in total. The van der Waals surface area contributed by atoms with Gasteiger partial charge in [-0.1, -0.05) is 166 Å². The number of unbranched alkanes of at least 4 members (excludes halogenated alkanes) is 14. The SMILES string of the molecule is CCCCCC[C@@H](CCC[C@H](O[Si](C)(C)C(C)(C)C)[C@H]1CC[C@H]([C@H]2CC[C@H]([C@@H](CCCCCCCCCCCCCCO)O[Si](C)(C)C(C)(C)C)O2)O1)O[Si](C)(C)C(C)(C)C. The Labute approximate surface area is 384 Å². The van der Waals surface area contributed by atoms with Crippen LogP contribution in [0.15, 0.2) is 0 Å². The Kier molecular flexibility index (Phi) is 25.7. The summed E-state index contributed by atoms with van der Waals surface area (Å²) in [7, 11) is -5.83. The average Bonchev–Trinajstić information content (AvgIpc) is 3.84. The van der Waals surface area contributed by atoms with Gasteiger partial charge in [-0.05, 0) is 119 Å². The van der Waals surface area contributed by atoms with Crippen molar-refractivity contribution < 1.29 is 27.9 Å². The zero-order chi connectivity index (χ0) is 46.0. The van der Waals surface area contributed by atoms with Crippen LogP contribution in [0.3, 0.4) is 0 Å². The number of ether oxygens (including phenoxy) is 2. The van der Waals surface area contributed by atoms with Crippen LogP contribution >= 0.6 is 0 Å². The van der Waals surface area contributed by atoms with Crippen molar-refractivity contribution in [3.63, 3.8) is 0 Å². The summed E-state index contributed by atoms with van der Waals surface area (Å²) in [5.74, 6) is 0. The summed E-state index contributed by atoms with van der Waals surface area (Å²) in [6.45, 7) is 38.5. The smallest absolute Gasteiger partial charge is 0.192 e. The van der Waals surface area contributed by atoms with Gasteiger partial charge in [0.1, 0.15) is 0 Å². The minimum absolute atomic E-state index is 0.119. The van der Waals surface area contributed by atoms with Gasteiger partial charge in [-0.2, -0.15) is 0 Å². The van der Waals surface area contributed by atoms with Gasteiger partial charge in [0.05, 0.1) is 36.6 Å². The number of rotatable bonds is 32. The minimum Gasteiger partial charge on any atom is -0.414 e. The highest BCUT2D eigenvalue weighted by molar-refractivity contribution is 6.75. The minimum atomic E-state index is -2.01. The first-order valence-corrected chi connectivity index (χ1v) is 35.0. The Bertz CT molecular complexity index is 1140. The molecule has 0 bridgehead atoms. The Balaban J connectivity index is 2.05. The zero-order valence-corrected chi connectivity index (χ0v) is 46.9. The van der Waals surface area contributed by atoms with Crippen LogP contribution < -0.4 is 0 Å². The maximum absolute atomic E-state index is 8.98. The molecule has 0 unspecified atom stereocenters. The van der Waals surface area contributed by atoms with Crippen LogP contribution in [0.5, 0.6) is 0 Å². The van der Waals surface area contributed by atoms with Crippen molar-refractivity contribution >= 4 is 25.0 Å². The van der Waals surface area contributed by atoms with Crippen molar-refractivity contribution in [2.75, 3.05) is 6.61 Å². The van der Waals surface area contributed by atoms with E-state index < -0.39 is 25.0 Å². The average molecular weight is 914 g/mol. The predicted molar refractivity (Wildman–Crippen MR) is 272 cm³/mol. The van der Waals surface area contributed by atoms with E-state index in [1.807, 2.05) is 0 Å². The van der Waals surface area contributed by atoms with E-state index in [-0.39, 0.29) is 51.7 Å². The maximum Gasteiger partial charge on any atom is 0.192 e. The summed E-state index contributed by atoms with van der Waals surface area (Å²) >= 11 is 0. The molecule has 9 heteroatoms. The fourth-order valence-electron chi connectivity index (χ4n) is 8.65. The number of hydrogen-bond donors (Lipinski definition) is 1. The van der Waals surface area contributed by atoms with E-state index in [0.717, 1.165) is 57.8 Å². The molecule has 0 aromatic rings. The van der Waals surface area contributed by atoms with Gasteiger partial charge >= 0.3 is 0 Å². The van der Waals surface area contributed by atoms with Crippen LogP contribution in [0.1, 0.15) is 230 Å². The van der Waals surface area contributed by atoms with E-state index in [9.17, 15) is 0 Å². The number of hydrogen-bond acceptors (Lipinski definition) is 6. The van der Waals surface area contributed by atoms with Crippen molar-refractivity contribution in [2.24, 2.45) is 0 Å². The van der Waals surface area contributed by atoms with Gasteiger partial charge in [0.2, 0.25) is 0 Å². The largest absolute Gasteiger partial charge is 0.414 e. The van der Waals surface area contributed by atoms with E-state index in [1.54, 1.807) is 0 Å². The van der Waals surface area contributed by atoms with E-state index in [4.69, 9.17) is 27.9 Å². The van der Waals surface area contributed by atoms with Crippen molar-refractivity contribution in [3.05, 3.63) is 0 Å². The molecule has 7 atom stereocenters. The maximum atomic E-state index is 8.98. The van der Waals surface area contributed by atoms with Crippen LogP contribution in [-0.2, 0) is 22.8 Å². The molecule has 6 nitrogen and oxygen atoms in total. The third kappa shape index (κ3) is 20.9. The standard InChI is InChI=1S/C52H108O6Si3/c1-17-18-19-30-34-43(56-59(11,12)50(2,3)4)35-33-37-49(58-61(15,16)52(8,9)10)47-41-39-45(55-47)44-38-40-46(54-44)48(57-60(13,14)51(5,6)7)36-31-28-26-24-22-20-21-23-25-27-29-32-42-53/h43-49,53H,17-42H2,1-16H3/t43-,44+,45+,46+,47+,48+,49-/m0/s1. The predicted octanol–water partition coefficient (Wildman–Crippen LogP) is 16.5. The lowest BCUT2D eigenvalue weighted by molar-refractivity contribution is -0.107. The highest BCUT2D eigenvalue weighted by atomic mass is 28.4. The van der Waals surface area contributed by atoms with E-state index in [0.29, 0.717) is 12.7 Å². The molecular weight excluding hydrogens is 805 g/mol. The van der Waals surface area contributed by atoms with E-state index in [1.165, 1.54) is 103 Å². The van der Waals surface area contributed by atoms with Gasteiger partial charge in [-0.3, -0.25) is 0 Å². The molecule has 2 fully saturated rings. The van der Waals surface area contributed by atoms with Crippen LogP contribution in [0, 0.1) is 0 Å². The van der Waals surface area contributed by atoms with Gasteiger partial charge < -0.3 is 27.9 Å². The zero-order valence-electron chi connectivity index (χ0n) is 43.9. The summed E-state index contributed by atoms with van der Waals surface area (Å²) < 4.78 is 35.9. The fourth-order valence-corrected chi connectivity index (χ4v) is 12.8. The van der Waals surface area contributed by atoms with E-state index in [2.05, 4.69) is 109 Å². The molecule has 0 radical (unpaired) electrons. The topological polar surface area (TPSA) is 66.4 Å². The lowest BCUT2D eigenvalue weighted by Crippen LogP contribution is -2.48. The van der Waals surface area contributed by atoms with Crippen molar-refractivity contribution in [2.45, 2.75) is 327 Å². The van der Waals surface area contributed by atoms with Gasteiger partial charge in [-0.15, -0.1) is 0 Å². The molecule has 2 heterocycles. The molecule has 2 rings (SSSR count). The van der Waals surface area contributed by atoms with E-state index >= 15 is 0 Å². The van der Waals surface area contributed by atoms with Gasteiger partial charge in [-0.25, -0.2) is 0 Å². The molecule has 0 spiro atoms. The van der Waals surface area contributed by atoms with Crippen molar-refractivity contribution in [1.29, 1.82) is 0 Å². The lowest BCUT2D eigenvalue weighted by atomic mass is 9.99. The highest BCUT2D eigenvalue weighted by Gasteiger charge is 2.47. The molecule has 0 aromatic carbocycles. The second-order valence-electron chi connectivity index (χ2n) is 24.4. The molecule has 2 saturated heterocycles.